The molecule has 9 heteroatoms. The van der Waals surface area contributed by atoms with E-state index in [2.05, 4.69) is 30.7 Å². The van der Waals surface area contributed by atoms with Gasteiger partial charge in [-0.3, -0.25) is 19.6 Å². The number of hydrogen-bond acceptors (Lipinski definition) is 5. The van der Waals surface area contributed by atoms with Crippen LogP contribution in [0.15, 0.2) is 48.5 Å². The van der Waals surface area contributed by atoms with Gasteiger partial charge in [0.25, 0.3) is 0 Å². The summed E-state index contributed by atoms with van der Waals surface area (Å²) in [5.41, 5.74) is 3.61. The van der Waals surface area contributed by atoms with Crippen molar-refractivity contribution in [1.29, 1.82) is 0 Å². The van der Waals surface area contributed by atoms with Crippen molar-refractivity contribution in [1.82, 2.24) is 29.9 Å². The van der Waals surface area contributed by atoms with Gasteiger partial charge in [-0.2, -0.15) is 10.2 Å². The van der Waals surface area contributed by atoms with Crippen LogP contribution in [-0.2, 0) is 11.3 Å². The first kappa shape index (κ1) is 19.7. The monoisotopic (exact) mass is 419 g/mol. The molecule has 0 aliphatic heterocycles. The topological polar surface area (TPSA) is 104 Å². The summed E-state index contributed by atoms with van der Waals surface area (Å²) < 4.78 is 2.33. The lowest BCUT2D eigenvalue weighted by Crippen LogP contribution is -2.15. The lowest BCUT2D eigenvalue weighted by Gasteiger charge is -2.09. The molecule has 8 nitrogen and oxygen atoms in total. The van der Waals surface area contributed by atoms with E-state index in [1.165, 1.54) is 0 Å². The fourth-order valence-electron chi connectivity index (χ4n) is 3.17. The molecular formula is C21H21N7OS. The number of carbonyl (C=O) groups excluding carboxylic acids is 1. The minimum atomic E-state index is -0.114. The third-order valence-corrected chi connectivity index (χ3v) is 4.91. The zero-order valence-electron chi connectivity index (χ0n) is 16.6. The molecule has 2 heterocycles. The van der Waals surface area contributed by atoms with Crippen molar-refractivity contribution in [2.24, 2.45) is 0 Å². The van der Waals surface area contributed by atoms with Crippen LogP contribution in [0.2, 0.25) is 0 Å². The highest BCUT2D eigenvalue weighted by Gasteiger charge is 2.12. The molecule has 3 N–H and O–H groups in total. The zero-order valence-corrected chi connectivity index (χ0v) is 17.5. The highest BCUT2D eigenvalue weighted by Crippen LogP contribution is 2.21. The average molecular weight is 420 g/mol. The molecule has 1 amide bonds. The quantitative estimate of drug-likeness (QED) is 0.409. The van der Waals surface area contributed by atoms with Crippen LogP contribution in [0.1, 0.15) is 17.8 Å². The van der Waals surface area contributed by atoms with Gasteiger partial charge < -0.3 is 5.32 Å². The Hall–Kier alpha value is -3.59. The molecule has 30 heavy (non-hydrogen) atoms. The second-order valence-electron chi connectivity index (χ2n) is 7.00. The predicted molar refractivity (Wildman–Crippen MR) is 117 cm³/mol. The first-order valence-corrected chi connectivity index (χ1v) is 9.92. The maximum atomic E-state index is 12.5. The van der Waals surface area contributed by atoms with Gasteiger partial charge in [-0.05, 0) is 44.3 Å². The molecular weight excluding hydrogens is 398 g/mol. The Balaban J connectivity index is 1.45. The van der Waals surface area contributed by atoms with Crippen LogP contribution in [0.4, 0.5) is 5.69 Å². The van der Waals surface area contributed by atoms with Crippen molar-refractivity contribution in [3.8, 4) is 22.8 Å². The molecule has 0 spiro atoms. The number of aromatic nitrogens is 6. The third-order valence-electron chi connectivity index (χ3n) is 4.60. The number of rotatable bonds is 6. The number of nitrogens with one attached hydrogen (secondary N) is 3. The first-order valence-electron chi connectivity index (χ1n) is 9.51. The van der Waals surface area contributed by atoms with Crippen LogP contribution in [0.25, 0.3) is 22.8 Å². The Morgan fingerprint density at radius 2 is 1.87 bits per heavy atom. The molecule has 0 fully saturated rings. The average Bonchev–Trinajstić information content (AvgIpc) is 3.32. The van der Waals surface area contributed by atoms with Crippen molar-refractivity contribution < 1.29 is 4.79 Å². The largest absolute Gasteiger partial charge is 0.326 e. The van der Waals surface area contributed by atoms with E-state index in [1.807, 2.05) is 66.9 Å². The number of aromatic amines is 2. The van der Waals surface area contributed by atoms with Crippen molar-refractivity contribution in [2.75, 3.05) is 5.32 Å². The lowest BCUT2D eigenvalue weighted by atomic mass is 10.1. The second kappa shape index (κ2) is 8.42. The predicted octanol–water partition coefficient (Wildman–Crippen LogP) is 4.04. The SMILES string of the molecule is Cc1cccc(-c2n[nH]c(=S)n2CCC(=O)Nc2cccc(-c3n[nH]c(C)n3)c2)c1. The molecule has 152 valence electrons. The number of H-pyrrole nitrogens is 2. The molecule has 0 atom stereocenters. The first-order chi connectivity index (χ1) is 14.5. The molecule has 0 saturated heterocycles. The van der Waals surface area contributed by atoms with Crippen molar-refractivity contribution in [3.63, 3.8) is 0 Å². The summed E-state index contributed by atoms with van der Waals surface area (Å²) in [6.45, 7) is 4.29. The Labute approximate surface area is 178 Å². The van der Waals surface area contributed by atoms with E-state index in [9.17, 15) is 4.79 Å². The Kier molecular flexibility index (Phi) is 5.53. The summed E-state index contributed by atoms with van der Waals surface area (Å²) in [6.07, 6.45) is 0.261. The molecule has 4 rings (SSSR count). The molecule has 2 aromatic carbocycles. The van der Waals surface area contributed by atoms with E-state index in [0.29, 0.717) is 22.8 Å². The van der Waals surface area contributed by atoms with Crippen molar-refractivity contribution in [3.05, 3.63) is 64.7 Å². The fourth-order valence-corrected chi connectivity index (χ4v) is 3.40. The number of nitrogens with zero attached hydrogens (tertiary/aromatic N) is 4. The standard InChI is InChI=1S/C21H21N7OS/c1-13-5-3-7-16(11-13)20-26-27-21(30)28(20)10-9-18(29)23-17-8-4-6-15(12-17)19-22-14(2)24-25-19/h3-8,11-12H,9-10H2,1-2H3,(H,23,29)(H,27,30)(H,22,24,25). The molecule has 2 aromatic heterocycles. The molecule has 0 bridgehead atoms. The molecule has 4 aromatic rings. The Bertz CT molecular complexity index is 1250. The summed E-state index contributed by atoms with van der Waals surface area (Å²) in [7, 11) is 0. The normalized spacial score (nSPS) is 10.9. The molecule has 0 aliphatic rings. The van der Waals surface area contributed by atoms with E-state index in [4.69, 9.17) is 12.2 Å². The number of benzene rings is 2. The van der Waals surface area contributed by atoms with Crippen molar-refractivity contribution in [2.45, 2.75) is 26.8 Å². The van der Waals surface area contributed by atoms with Gasteiger partial charge in [-0.25, -0.2) is 4.98 Å². The van der Waals surface area contributed by atoms with E-state index < -0.39 is 0 Å². The summed E-state index contributed by atoms with van der Waals surface area (Å²) in [5.74, 6) is 1.94. The maximum Gasteiger partial charge on any atom is 0.226 e. The smallest absolute Gasteiger partial charge is 0.226 e. The number of carbonyl (C=O) groups is 1. The minimum Gasteiger partial charge on any atom is -0.326 e. The van der Waals surface area contributed by atoms with Gasteiger partial charge in [0, 0.05) is 29.8 Å². The van der Waals surface area contributed by atoms with Crippen LogP contribution in [0.3, 0.4) is 0 Å². The number of aryl methyl sites for hydroxylation is 2. The second-order valence-corrected chi connectivity index (χ2v) is 7.38. The number of hydrogen-bond donors (Lipinski definition) is 3. The molecule has 0 saturated carbocycles. The summed E-state index contributed by atoms with van der Waals surface area (Å²) in [5, 5.41) is 17.1. The van der Waals surface area contributed by atoms with Gasteiger partial charge in [-0.1, -0.05) is 35.9 Å². The summed E-state index contributed by atoms with van der Waals surface area (Å²) in [6, 6.07) is 15.5. The molecule has 0 aliphatic carbocycles. The van der Waals surface area contributed by atoms with Gasteiger partial charge in [0.05, 0.1) is 0 Å². The van der Waals surface area contributed by atoms with Crippen LogP contribution >= 0.6 is 12.2 Å². The van der Waals surface area contributed by atoms with E-state index in [0.717, 1.165) is 28.3 Å². The van der Waals surface area contributed by atoms with Crippen LogP contribution in [0.5, 0.6) is 0 Å². The van der Waals surface area contributed by atoms with Crippen molar-refractivity contribution >= 4 is 23.8 Å². The lowest BCUT2D eigenvalue weighted by molar-refractivity contribution is -0.116. The third kappa shape index (κ3) is 4.36. The van der Waals surface area contributed by atoms with Crippen LogP contribution < -0.4 is 5.32 Å². The minimum absolute atomic E-state index is 0.114. The Morgan fingerprint density at radius 3 is 2.63 bits per heavy atom. The van der Waals surface area contributed by atoms with E-state index >= 15 is 0 Å². The Morgan fingerprint density at radius 1 is 1.07 bits per heavy atom. The highest BCUT2D eigenvalue weighted by molar-refractivity contribution is 7.71. The van der Waals surface area contributed by atoms with Crippen LogP contribution in [0, 0.1) is 18.6 Å². The number of anilines is 1. The summed E-state index contributed by atoms with van der Waals surface area (Å²) in [4.78, 5) is 16.9. The van der Waals surface area contributed by atoms with E-state index in [1.54, 1.807) is 0 Å². The molecule has 0 unspecified atom stereocenters. The zero-order chi connectivity index (χ0) is 21.1. The van der Waals surface area contributed by atoms with Gasteiger partial charge in [-0.15, -0.1) is 0 Å². The van der Waals surface area contributed by atoms with Gasteiger partial charge in [0.15, 0.2) is 16.4 Å². The number of amides is 1. The highest BCUT2D eigenvalue weighted by atomic mass is 32.1. The van der Waals surface area contributed by atoms with E-state index in [-0.39, 0.29) is 12.3 Å². The summed E-state index contributed by atoms with van der Waals surface area (Å²) >= 11 is 5.36. The fraction of sp³-hybridized carbons (Fsp3) is 0.190. The maximum absolute atomic E-state index is 12.5. The van der Waals surface area contributed by atoms with Gasteiger partial charge in [0.2, 0.25) is 5.91 Å². The van der Waals surface area contributed by atoms with Gasteiger partial charge in [0.1, 0.15) is 5.82 Å². The van der Waals surface area contributed by atoms with Crippen LogP contribution in [-0.4, -0.2) is 35.9 Å². The molecule has 0 radical (unpaired) electrons. The van der Waals surface area contributed by atoms with Gasteiger partial charge >= 0.3 is 0 Å².